The summed E-state index contributed by atoms with van der Waals surface area (Å²) < 4.78 is 0. The third kappa shape index (κ3) is 14.3. The van der Waals surface area contributed by atoms with Crippen LogP contribution in [0.4, 0.5) is 0 Å². The van der Waals surface area contributed by atoms with Crippen molar-refractivity contribution in [2.24, 2.45) is 0 Å². The van der Waals surface area contributed by atoms with Crippen LogP contribution in [0.2, 0.25) is 5.02 Å². The van der Waals surface area contributed by atoms with Crippen LogP contribution < -0.4 is 0 Å². The van der Waals surface area contributed by atoms with E-state index in [4.69, 9.17) is 16.7 Å². The molecule has 0 unspecified atom stereocenters. The van der Waals surface area contributed by atoms with Crippen molar-refractivity contribution >= 4 is 23.5 Å². The standard InChI is InChI=1S/C27H42ClNO3/c1-2-3-4-5-6-7-8-9-10-11-12-13-14-15-16-21-26(30)29(23-27(31)32)22-24-19-17-18-20-25(24)28/h9-10,17-20H,2-8,11-16,21-23H2,1H3,(H,31,32). The van der Waals surface area contributed by atoms with Crippen molar-refractivity contribution in [1.29, 1.82) is 0 Å². The highest BCUT2D eigenvalue weighted by Gasteiger charge is 2.17. The molecule has 0 radical (unpaired) electrons. The molecule has 4 nitrogen and oxygen atoms in total. The second-order valence-electron chi connectivity index (χ2n) is 8.57. The van der Waals surface area contributed by atoms with Crippen molar-refractivity contribution in [1.82, 2.24) is 4.90 Å². The lowest BCUT2D eigenvalue weighted by atomic mass is 10.1. The number of allylic oxidation sites excluding steroid dienone is 2. The maximum absolute atomic E-state index is 12.5. The fourth-order valence-corrected chi connectivity index (χ4v) is 3.93. The van der Waals surface area contributed by atoms with Crippen molar-refractivity contribution in [3.63, 3.8) is 0 Å². The van der Waals surface area contributed by atoms with Crippen LogP contribution in [0.5, 0.6) is 0 Å². The molecule has 0 aliphatic carbocycles. The molecule has 32 heavy (non-hydrogen) atoms. The molecule has 0 bridgehead atoms. The number of carbonyl (C=O) groups is 2. The average molecular weight is 464 g/mol. The van der Waals surface area contributed by atoms with E-state index in [0.29, 0.717) is 11.4 Å². The Morgan fingerprint density at radius 1 is 0.875 bits per heavy atom. The predicted molar refractivity (Wildman–Crippen MR) is 134 cm³/mol. The lowest BCUT2D eigenvalue weighted by Crippen LogP contribution is -2.35. The monoisotopic (exact) mass is 463 g/mol. The minimum absolute atomic E-state index is 0.120. The zero-order valence-corrected chi connectivity index (χ0v) is 20.6. The number of halogens is 1. The fourth-order valence-electron chi connectivity index (χ4n) is 3.73. The van der Waals surface area contributed by atoms with Gasteiger partial charge in [-0.2, -0.15) is 0 Å². The highest BCUT2D eigenvalue weighted by molar-refractivity contribution is 6.31. The first-order valence-electron chi connectivity index (χ1n) is 12.4. The molecule has 0 atom stereocenters. The quantitative estimate of drug-likeness (QED) is 0.168. The SMILES string of the molecule is CCCCCCCCC=CCCCCCCCC(=O)N(CC(=O)O)Cc1ccccc1Cl. The first kappa shape index (κ1) is 28.2. The van der Waals surface area contributed by atoms with E-state index in [2.05, 4.69) is 19.1 Å². The second kappa shape index (κ2) is 18.7. The highest BCUT2D eigenvalue weighted by Crippen LogP contribution is 2.18. The van der Waals surface area contributed by atoms with Crippen LogP contribution in [0.3, 0.4) is 0 Å². The van der Waals surface area contributed by atoms with Gasteiger partial charge < -0.3 is 10.0 Å². The van der Waals surface area contributed by atoms with E-state index >= 15 is 0 Å². The van der Waals surface area contributed by atoms with E-state index in [1.165, 1.54) is 62.7 Å². The van der Waals surface area contributed by atoms with Gasteiger partial charge in [0.1, 0.15) is 6.54 Å². The summed E-state index contributed by atoms with van der Waals surface area (Å²) in [4.78, 5) is 25.1. The van der Waals surface area contributed by atoms with Gasteiger partial charge >= 0.3 is 5.97 Å². The van der Waals surface area contributed by atoms with Gasteiger partial charge in [0.2, 0.25) is 5.91 Å². The number of carboxylic acid groups (broad SMARTS) is 1. The topological polar surface area (TPSA) is 57.6 Å². The summed E-state index contributed by atoms with van der Waals surface area (Å²) in [5.74, 6) is -1.13. The number of hydrogen-bond acceptors (Lipinski definition) is 2. The van der Waals surface area contributed by atoms with E-state index in [1.54, 1.807) is 6.07 Å². The lowest BCUT2D eigenvalue weighted by Gasteiger charge is -2.21. The Hall–Kier alpha value is -1.81. The van der Waals surface area contributed by atoms with Gasteiger partial charge in [0, 0.05) is 18.0 Å². The summed E-state index contributed by atoms with van der Waals surface area (Å²) in [5.41, 5.74) is 0.772. The fraction of sp³-hybridized carbons (Fsp3) is 0.630. The van der Waals surface area contributed by atoms with Gasteiger partial charge in [0.25, 0.3) is 0 Å². The number of amides is 1. The molecule has 180 valence electrons. The number of rotatable bonds is 19. The van der Waals surface area contributed by atoms with Crippen LogP contribution >= 0.6 is 11.6 Å². The smallest absolute Gasteiger partial charge is 0.323 e. The zero-order chi connectivity index (χ0) is 23.4. The summed E-state index contributed by atoms with van der Waals surface area (Å²) in [6, 6.07) is 7.24. The Morgan fingerprint density at radius 3 is 2.03 bits per heavy atom. The van der Waals surface area contributed by atoms with Crippen molar-refractivity contribution in [3.05, 3.63) is 47.0 Å². The predicted octanol–water partition coefficient (Wildman–Crippen LogP) is 7.79. The molecule has 1 aromatic carbocycles. The lowest BCUT2D eigenvalue weighted by molar-refractivity contribution is -0.145. The molecule has 1 aromatic rings. The van der Waals surface area contributed by atoms with E-state index in [-0.39, 0.29) is 19.0 Å². The number of carbonyl (C=O) groups excluding carboxylic acids is 1. The Kier molecular flexibility index (Phi) is 16.5. The first-order valence-corrected chi connectivity index (χ1v) is 12.8. The van der Waals surface area contributed by atoms with Crippen molar-refractivity contribution in [3.8, 4) is 0 Å². The van der Waals surface area contributed by atoms with Crippen molar-refractivity contribution < 1.29 is 14.7 Å². The normalized spacial score (nSPS) is 11.2. The number of benzene rings is 1. The van der Waals surface area contributed by atoms with E-state index in [9.17, 15) is 9.59 Å². The molecule has 0 aliphatic heterocycles. The maximum Gasteiger partial charge on any atom is 0.323 e. The van der Waals surface area contributed by atoms with Crippen LogP contribution in [0.15, 0.2) is 36.4 Å². The van der Waals surface area contributed by atoms with Gasteiger partial charge in [-0.1, -0.05) is 100 Å². The van der Waals surface area contributed by atoms with E-state index in [0.717, 1.165) is 31.2 Å². The minimum atomic E-state index is -1.00. The molecule has 0 saturated carbocycles. The Balaban J connectivity index is 2.12. The average Bonchev–Trinajstić information content (AvgIpc) is 2.77. The molecular weight excluding hydrogens is 422 g/mol. The van der Waals surface area contributed by atoms with E-state index in [1.807, 2.05) is 18.2 Å². The Bertz CT molecular complexity index is 675. The number of carboxylic acids is 1. The number of hydrogen-bond donors (Lipinski definition) is 1. The van der Waals surface area contributed by atoms with Gasteiger partial charge in [-0.05, 0) is 43.7 Å². The molecule has 5 heteroatoms. The third-order valence-electron chi connectivity index (χ3n) is 5.65. The maximum atomic E-state index is 12.5. The van der Waals surface area contributed by atoms with Crippen LogP contribution in [0.25, 0.3) is 0 Å². The van der Waals surface area contributed by atoms with Crippen molar-refractivity contribution in [2.75, 3.05) is 6.54 Å². The number of nitrogens with zero attached hydrogens (tertiary/aromatic N) is 1. The summed E-state index contributed by atoms with van der Waals surface area (Å²) in [6.07, 6.45) is 20.7. The molecule has 0 aromatic heterocycles. The molecular formula is C27H42ClNO3. The molecule has 0 aliphatic rings. The summed E-state index contributed by atoms with van der Waals surface area (Å²) in [5, 5.41) is 9.70. The number of aliphatic carboxylic acids is 1. The summed E-state index contributed by atoms with van der Waals surface area (Å²) in [7, 11) is 0. The van der Waals surface area contributed by atoms with Gasteiger partial charge in [-0.15, -0.1) is 0 Å². The highest BCUT2D eigenvalue weighted by atomic mass is 35.5. The first-order chi connectivity index (χ1) is 15.5. The van der Waals surface area contributed by atoms with E-state index < -0.39 is 5.97 Å². The van der Waals surface area contributed by atoms with Crippen LogP contribution in [0, 0.1) is 0 Å². The van der Waals surface area contributed by atoms with Crippen molar-refractivity contribution in [2.45, 2.75) is 103 Å². The Labute approximate surface area is 200 Å². The molecule has 0 spiro atoms. The third-order valence-corrected chi connectivity index (χ3v) is 6.02. The molecule has 0 heterocycles. The summed E-state index contributed by atoms with van der Waals surface area (Å²) in [6.45, 7) is 2.19. The zero-order valence-electron chi connectivity index (χ0n) is 19.9. The van der Waals surface area contributed by atoms with Gasteiger partial charge in [0.15, 0.2) is 0 Å². The molecule has 1 amide bonds. The largest absolute Gasteiger partial charge is 0.480 e. The van der Waals surface area contributed by atoms with Gasteiger partial charge in [0.05, 0.1) is 0 Å². The van der Waals surface area contributed by atoms with Gasteiger partial charge in [-0.25, -0.2) is 0 Å². The number of unbranched alkanes of at least 4 members (excludes halogenated alkanes) is 11. The molecule has 1 rings (SSSR count). The van der Waals surface area contributed by atoms with Crippen LogP contribution in [0.1, 0.15) is 102 Å². The second-order valence-corrected chi connectivity index (χ2v) is 8.98. The molecule has 1 N–H and O–H groups in total. The molecule has 0 fully saturated rings. The van der Waals surface area contributed by atoms with Gasteiger partial charge in [-0.3, -0.25) is 9.59 Å². The van der Waals surface area contributed by atoms with Crippen LogP contribution in [-0.2, 0) is 16.1 Å². The summed E-state index contributed by atoms with van der Waals surface area (Å²) >= 11 is 6.17. The minimum Gasteiger partial charge on any atom is -0.480 e. The Morgan fingerprint density at radius 2 is 1.44 bits per heavy atom. The van der Waals surface area contributed by atoms with Crippen LogP contribution in [-0.4, -0.2) is 28.4 Å². The molecule has 0 saturated heterocycles.